The van der Waals surface area contributed by atoms with E-state index in [2.05, 4.69) is 37.9 Å². The molecule has 0 aromatic heterocycles. The van der Waals surface area contributed by atoms with Crippen molar-refractivity contribution in [3.63, 3.8) is 0 Å². The molecule has 1 aromatic carbocycles. The Morgan fingerprint density at radius 3 is 2.53 bits per heavy atom. The van der Waals surface area contributed by atoms with Gasteiger partial charge in [-0.1, -0.05) is 31.6 Å². The van der Waals surface area contributed by atoms with Crippen molar-refractivity contribution in [2.45, 2.75) is 71.8 Å². The minimum atomic E-state index is -1.33. The van der Waals surface area contributed by atoms with Crippen LogP contribution in [-0.2, 0) is 11.2 Å². The van der Waals surface area contributed by atoms with Crippen LogP contribution in [0.3, 0.4) is 0 Å². The van der Waals surface area contributed by atoms with Gasteiger partial charge in [0.1, 0.15) is 5.75 Å². The van der Waals surface area contributed by atoms with Gasteiger partial charge in [-0.3, -0.25) is 4.79 Å². The molecule has 0 aliphatic carbocycles. The largest absolute Gasteiger partial charge is 0.508 e. The highest BCUT2D eigenvalue weighted by Gasteiger charge is 2.15. The maximum atomic E-state index is 12.1. The number of aromatic hydroxyl groups is 1. The lowest BCUT2D eigenvalue weighted by molar-refractivity contribution is -0.111. The van der Waals surface area contributed by atoms with Gasteiger partial charge < -0.3 is 26.4 Å². The van der Waals surface area contributed by atoms with Crippen molar-refractivity contribution in [2.24, 2.45) is 17.6 Å². The van der Waals surface area contributed by atoms with E-state index >= 15 is 0 Å². The normalized spacial score (nSPS) is 25.9. The lowest BCUT2D eigenvalue weighted by Gasteiger charge is -2.19. The van der Waals surface area contributed by atoms with E-state index in [9.17, 15) is 15.0 Å². The van der Waals surface area contributed by atoms with Crippen LogP contribution >= 0.6 is 0 Å². The van der Waals surface area contributed by atoms with Crippen LogP contribution in [-0.4, -0.2) is 33.4 Å². The molecular weight excluding hydrogens is 408 g/mol. The molecule has 1 heterocycles. The predicted molar refractivity (Wildman–Crippen MR) is 128 cm³/mol. The van der Waals surface area contributed by atoms with Gasteiger partial charge >= 0.3 is 6.09 Å². The number of hydrogen-bond donors (Lipinski definition) is 5. The third-order valence-corrected chi connectivity index (χ3v) is 5.40. The molecule has 0 fully saturated rings. The van der Waals surface area contributed by atoms with E-state index in [-0.39, 0.29) is 23.7 Å². The van der Waals surface area contributed by atoms with E-state index in [0.717, 1.165) is 50.5 Å². The molecule has 1 aliphatic heterocycles. The molecule has 0 saturated carbocycles. The number of carbonyl (C=O) groups excluding carboxylic acids is 1. The van der Waals surface area contributed by atoms with Gasteiger partial charge in [0.25, 0.3) is 0 Å². The summed E-state index contributed by atoms with van der Waals surface area (Å²) in [4.78, 5) is 20.9. The fraction of sp³-hybridized carbons (Fsp3) is 0.520. The zero-order valence-electron chi connectivity index (χ0n) is 19.4. The molecule has 32 heavy (non-hydrogen) atoms. The van der Waals surface area contributed by atoms with Crippen molar-refractivity contribution in [2.75, 3.05) is 5.32 Å². The molecule has 7 heteroatoms. The summed E-state index contributed by atoms with van der Waals surface area (Å²) in [5.41, 5.74) is 6.96. The Hall–Kier alpha value is -2.80. The summed E-state index contributed by atoms with van der Waals surface area (Å²) in [5.74, 6) is 0.516. The summed E-state index contributed by atoms with van der Waals surface area (Å²) in [5, 5.41) is 30.5. The van der Waals surface area contributed by atoms with Crippen molar-refractivity contribution in [1.82, 2.24) is 0 Å². The molecular formula is C25H38N2O5. The Bertz CT molecular complexity index is 800. The number of carbonyl (C=O) groups is 2. The Morgan fingerprint density at radius 1 is 1.16 bits per heavy atom. The number of carboxylic acid groups (broad SMARTS) is 1. The Balaban J connectivity index is 0.00000118. The van der Waals surface area contributed by atoms with Crippen molar-refractivity contribution in [3.8, 4) is 5.75 Å². The van der Waals surface area contributed by atoms with Gasteiger partial charge in [0.05, 0.1) is 6.10 Å². The number of amides is 2. The van der Waals surface area contributed by atoms with E-state index in [1.807, 2.05) is 12.1 Å². The summed E-state index contributed by atoms with van der Waals surface area (Å²) in [7, 11) is 0. The SMILES string of the molecule is C/C1=C\C(C)C(O)CCC(C)Cc2cc(O)cc(c2)NC(=O)/C=C/CCCC1.NC(=O)O. The maximum Gasteiger partial charge on any atom is 0.402 e. The second-order valence-corrected chi connectivity index (χ2v) is 8.69. The van der Waals surface area contributed by atoms with E-state index in [4.69, 9.17) is 9.90 Å². The molecule has 0 spiro atoms. The van der Waals surface area contributed by atoms with Crippen LogP contribution in [0.15, 0.2) is 42.0 Å². The third kappa shape index (κ3) is 12.2. The number of benzene rings is 1. The van der Waals surface area contributed by atoms with Crippen molar-refractivity contribution >= 4 is 17.7 Å². The van der Waals surface area contributed by atoms with Gasteiger partial charge in [-0.15, -0.1) is 0 Å². The van der Waals surface area contributed by atoms with Gasteiger partial charge in [-0.05, 0) is 81.6 Å². The van der Waals surface area contributed by atoms with Gasteiger partial charge in [0.2, 0.25) is 5.91 Å². The predicted octanol–water partition coefficient (Wildman–Crippen LogP) is 4.99. The smallest absolute Gasteiger partial charge is 0.402 e. The molecule has 0 saturated heterocycles. The number of nitrogens with two attached hydrogens (primary N) is 1. The van der Waals surface area contributed by atoms with Crippen LogP contribution in [0.2, 0.25) is 0 Å². The number of anilines is 1. The fourth-order valence-corrected chi connectivity index (χ4v) is 3.77. The van der Waals surface area contributed by atoms with Crippen molar-refractivity contribution in [3.05, 3.63) is 47.6 Å². The standard InChI is InChI=1S/C24H35NO3.CH3NO2/c1-17-8-6-4-5-7-9-24(28)25-21-14-20(15-22(26)16-21)13-18(2)10-11-23(27)19(3)12-17;2-1(3)4/h7,9,12,14-16,18-19,23,26-27H,4-6,8,10-11,13H2,1-3H3,(H,25,28);2H2,(H,3,4)/b9-7+,17-12+;. The molecule has 7 nitrogen and oxygen atoms in total. The number of allylic oxidation sites excluding steroid dienone is 2. The van der Waals surface area contributed by atoms with Crippen molar-refractivity contribution in [1.29, 1.82) is 0 Å². The number of rotatable bonds is 0. The van der Waals surface area contributed by atoms with Crippen LogP contribution in [0.25, 0.3) is 0 Å². The maximum absolute atomic E-state index is 12.1. The topological polar surface area (TPSA) is 133 Å². The number of aliphatic hydroxyl groups is 1. The van der Waals surface area contributed by atoms with Crippen molar-refractivity contribution < 1.29 is 24.9 Å². The summed E-state index contributed by atoms with van der Waals surface area (Å²) in [6, 6.07) is 5.24. The molecule has 178 valence electrons. The number of fused-ring (bicyclic) bond motifs is 2. The number of hydrogen-bond acceptors (Lipinski definition) is 4. The summed E-state index contributed by atoms with van der Waals surface area (Å²) >= 11 is 0. The average molecular weight is 447 g/mol. The van der Waals surface area contributed by atoms with E-state index in [1.54, 1.807) is 18.2 Å². The fourth-order valence-electron chi connectivity index (χ4n) is 3.77. The molecule has 3 unspecified atom stereocenters. The Kier molecular flexibility index (Phi) is 12.2. The lowest BCUT2D eigenvalue weighted by Crippen LogP contribution is -2.17. The molecule has 2 rings (SSSR count). The monoisotopic (exact) mass is 446 g/mol. The second kappa shape index (κ2) is 14.3. The number of nitrogens with one attached hydrogen (secondary N) is 1. The highest BCUT2D eigenvalue weighted by molar-refractivity contribution is 5.99. The molecule has 2 amide bonds. The molecule has 3 atom stereocenters. The highest BCUT2D eigenvalue weighted by atomic mass is 16.4. The first-order valence-electron chi connectivity index (χ1n) is 11.2. The quantitative estimate of drug-likeness (QED) is 0.358. The van der Waals surface area contributed by atoms with Crippen LogP contribution in [0.4, 0.5) is 10.5 Å². The summed E-state index contributed by atoms with van der Waals surface area (Å²) in [6.07, 6.45) is 10.5. The minimum absolute atomic E-state index is 0.156. The first kappa shape index (κ1) is 27.2. The average Bonchev–Trinajstić information content (AvgIpc) is 2.67. The van der Waals surface area contributed by atoms with Gasteiger partial charge in [0.15, 0.2) is 0 Å². The second-order valence-electron chi connectivity index (χ2n) is 8.69. The summed E-state index contributed by atoms with van der Waals surface area (Å²) < 4.78 is 0. The van der Waals surface area contributed by atoms with Gasteiger partial charge in [0, 0.05) is 17.7 Å². The van der Waals surface area contributed by atoms with E-state index in [0.29, 0.717) is 11.6 Å². The zero-order chi connectivity index (χ0) is 24.1. The minimum Gasteiger partial charge on any atom is -0.508 e. The molecule has 1 aromatic rings. The van der Waals surface area contributed by atoms with Crippen LogP contribution in [0.5, 0.6) is 5.75 Å². The van der Waals surface area contributed by atoms with E-state index in [1.165, 1.54) is 5.57 Å². The Labute approximate surface area is 191 Å². The first-order valence-corrected chi connectivity index (χ1v) is 11.2. The van der Waals surface area contributed by atoms with E-state index < -0.39 is 6.09 Å². The molecule has 6 N–H and O–H groups in total. The van der Waals surface area contributed by atoms with Gasteiger partial charge in [-0.2, -0.15) is 0 Å². The number of phenols is 1. The van der Waals surface area contributed by atoms with Crippen LogP contribution in [0.1, 0.15) is 64.9 Å². The van der Waals surface area contributed by atoms with Crippen LogP contribution in [0, 0.1) is 11.8 Å². The highest BCUT2D eigenvalue weighted by Crippen LogP contribution is 2.25. The lowest BCUT2D eigenvalue weighted by atomic mass is 9.90. The number of phenolic OH excluding ortho intramolecular Hbond substituents is 1. The third-order valence-electron chi connectivity index (χ3n) is 5.40. The van der Waals surface area contributed by atoms with Crippen LogP contribution < -0.4 is 11.1 Å². The number of aliphatic hydroxyl groups excluding tert-OH is 1. The first-order chi connectivity index (χ1) is 15.1. The molecule has 1 aliphatic rings. The summed E-state index contributed by atoms with van der Waals surface area (Å²) in [6.45, 7) is 6.38. The molecule has 2 bridgehead atoms. The molecule has 0 radical (unpaired) electrons. The Morgan fingerprint density at radius 2 is 1.84 bits per heavy atom. The van der Waals surface area contributed by atoms with Gasteiger partial charge in [-0.25, -0.2) is 4.79 Å². The zero-order valence-corrected chi connectivity index (χ0v) is 19.4. The number of primary amides is 1.